The number of H-pyrrole nitrogens is 1. The van der Waals surface area contributed by atoms with Crippen molar-refractivity contribution in [2.24, 2.45) is 0 Å². The zero-order chi connectivity index (χ0) is 9.71. The fourth-order valence-electron chi connectivity index (χ4n) is 1.77. The number of rotatable bonds is 0. The molecule has 0 aliphatic rings. The first-order valence-electron chi connectivity index (χ1n) is 4.23. The van der Waals surface area contributed by atoms with Gasteiger partial charge in [0.1, 0.15) is 0 Å². The first-order chi connectivity index (χ1) is 6.77. The SMILES string of the molecule is O=c1[nH]c(=O)n2ccc3cccc1c32. The summed E-state index contributed by atoms with van der Waals surface area (Å²) in [6.45, 7) is 0. The molecule has 3 aromatic rings. The molecule has 4 nitrogen and oxygen atoms in total. The van der Waals surface area contributed by atoms with Crippen molar-refractivity contribution in [3.05, 3.63) is 51.3 Å². The molecule has 1 N–H and O–H groups in total. The van der Waals surface area contributed by atoms with Gasteiger partial charge >= 0.3 is 5.69 Å². The van der Waals surface area contributed by atoms with Crippen molar-refractivity contribution in [2.75, 3.05) is 0 Å². The van der Waals surface area contributed by atoms with Crippen LogP contribution < -0.4 is 11.2 Å². The summed E-state index contributed by atoms with van der Waals surface area (Å²) >= 11 is 0. The van der Waals surface area contributed by atoms with Gasteiger partial charge in [0.15, 0.2) is 0 Å². The van der Waals surface area contributed by atoms with E-state index in [1.165, 1.54) is 4.40 Å². The fourth-order valence-corrected chi connectivity index (χ4v) is 1.77. The van der Waals surface area contributed by atoms with Gasteiger partial charge in [-0.15, -0.1) is 0 Å². The standard InChI is InChI=1S/C10H6N2O2/c13-9-7-3-1-2-6-4-5-12(8(6)7)10(14)11-9/h1-5H,(H,11,13,14). The molecular formula is C10H6N2O2. The Kier molecular flexibility index (Phi) is 1.16. The zero-order valence-corrected chi connectivity index (χ0v) is 7.15. The van der Waals surface area contributed by atoms with Crippen LogP contribution in [0.2, 0.25) is 0 Å². The van der Waals surface area contributed by atoms with Crippen molar-refractivity contribution in [1.29, 1.82) is 0 Å². The monoisotopic (exact) mass is 186 g/mol. The Bertz CT molecular complexity index is 724. The van der Waals surface area contributed by atoms with E-state index < -0.39 is 0 Å². The molecule has 0 radical (unpaired) electrons. The van der Waals surface area contributed by atoms with Crippen molar-refractivity contribution in [2.45, 2.75) is 0 Å². The predicted octanol–water partition coefficient (Wildman–Crippen LogP) is 0.579. The van der Waals surface area contributed by atoms with Crippen LogP contribution >= 0.6 is 0 Å². The molecule has 0 spiro atoms. The van der Waals surface area contributed by atoms with E-state index in [2.05, 4.69) is 4.98 Å². The number of aromatic nitrogens is 2. The van der Waals surface area contributed by atoms with Gasteiger partial charge < -0.3 is 0 Å². The lowest BCUT2D eigenvalue weighted by Gasteiger charge is -1.97. The van der Waals surface area contributed by atoms with Crippen molar-refractivity contribution in [3.63, 3.8) is 0 Å². The van der Waals surface area contributed by atoms with E-state index in [9.17, 15) is 9.59 Å². The molecule has 0 atom stereocenters. The number of nitrogens with zero attached hydrogens (tertiary/aromatic N) is 1. The highest BCUT2D eigenvalue weighted by Crippen LogP contribution is 2.16. The number of nitrogens with one attached hydrogen (secondary N) is 1. The van der Waals surface area contributed by atoms with Crippen LogP contribution in [0.3, 0.4) is 0 Å². The van der Waals surface area contributed by atoms with E-state index in [0.29, 0.717) is 10.9 Å². The van der Waals surface area contributed by atoms with Crippen LogP contribution in [0.1, 0.15) is 0 Å². The summed E-state index contributed by atoms with van der Waals surface area (Å²) in [5.74, 6) is 0. The molecule has 1 aromatic carbocycles. The fraction of sp³-hybridized carbons (Fsp3) is 0. The molecule has 0 aliphatic heterocycles. The molecule has 3 rings (SSSR count). The van der Waals surface area contributed by atoms with E-state index in [0.717, 1.165) is 5.39 Å². The maximum Gasteiger partial charge on any atom is 0.332 e. The first kappa shape index (κ1) is 7.32. The van der Waals surface area contributed by atoms with Crippen molar-refractivity contribution < 1.29 is 0 Å². The summed E-state index contributed by atoms with van der Waals surface area (Å²) in [5, 5.41) is 1.46. The lowest BCUT2D eigenvalue weighted by molar-refractivity contribution is 0.997. The van der Waals surface area contributed by atoms with Gasteiger partial charge in [-0.3, -0.25) is 14.2 Å². The molecule has 2 aromatic heterocycles. The predicted molar refractivity (Wildman–Crippen MR) is 53.0 cm³/mol. The third kappa shape index (κ3) is 0.724. The minimum atomic E-state index is -0.385. The Morgan fingerprint density at radius 1 is 1.14 bits per heavy atom. The lowest BCUT2D eigenvalue weighted by Crippen LogP contribution is -2.24. The van der Waals surface area contributed by atoms with Crippen LogP contribution in [0.25, 0.3) is 16.3 Å². The Hall–Kier alpha value is -2.10. The summed E-state index contributed by atoms with van der Waals surface area (Å²) in [5.41, 5.74) is -0.0169. The van der Waals surface area contributed by atoms with E-state index in [1.54, 1.807) is 18.3 Å². The molecule has 0 saturated carbocycles. The van der Waals surface area contributed by atoms with Crippen LogP contribution in [0.5, 0.6) is 0 Å². The van der Waals surface area contributed by atoms with Gasteiger partial charge in [0, 0.05) is 11.6 Å². The van der Waals surface area contributed by atoms with E-state index in [4.69, 9.17) is 0 Å². The van der Waals surface area contributed by atoms with Gasteiger partial charge in [0.05, 0.1) is 10.9 Å². The maximum atomic E-state index is 11.4. The number of para-hydroxylation sites is 1. The van der Waals surface area contributed by atoms with Crippen molar-refractivity contribution >= 4 is 16.3 Å². The normalized spacial score (nSPS) is 11.4. The minimum Gasteiger partial charge on any atom is -0.273 e. The molecule has 14 heavy (non-hydrogen) atoms. The molecule has 68 valence electrons. The summed E-state index contributed by atoms with van der Waals surface area (Å²) in [6, 6.07) is 7.20. The molecule has 0 saturated heterocycles. The summed E-state index contributed by atoms with van der Waals surface area (Å²) < 4.78 is 1.45. The van der Waals surface area contributed by atoms with Gasteiger partial charge in [0.25, 0.3) is 5.56 Å². The second-order valence-corrected chi connectivity index (χ2v) is 3.19. The highest BCUT2D eigenvalue weighted by atomic mass is 16.2. The third-order valence-electron chi connectivity index (χ3n) is 2.40. The van der Waals surface area contributed by atoms with Gasteiger partial charge in [0.2, 0.25) is 0 Å². The van der Waals surface area contributed by atoms with E-state index in [1.807, 2.05) is 12.1 Å². The Labute approximate surface area is 77.8 Å². The highest BCUT2D eigenvalue weighted by molar-refractivity contribution is 5.95. The zero-order valence-electron chi connectivity index (χ0n) is 7.15. The smallest absolute Gasteiger partial charge is 0.273 e. The molecule has 0 unspecified atom stereocenters. The molecule has 0 amide bonds. The molecule has 4 heteroatoms. The topological polar surface area (TPSA) is 54.3 Å². The van der Waals surface area contributed by atoms with Crippen LogP contribution in [-0.2, 0) is 0 Å². The summed E-state index contributed by atoms with van der Waals surface area (Å²) in [7, 11) is 0. The summed E-state index contributed by atoms with van der Waals surface area (Å²) in [4.78, 5) is 25.1. The van der Waals surface area contributed by atoms with Crippen LogP contribution in [-0.4, -0.2) is 9.38 Å². The van der Waals surface area contributed by atoms with Gasteiger partial charge in [-0.1, -0.05) is 12.1 Å². The lowest BCUT2D eigenvalue weighted by atomic mass is 10.2. The van der Waals surface area contributed by atoms with Crippen LogP contribution in [0, 0.1) is 0 Å². The largest absolute Gasteiger partial charge is 0.332 e. The van der Waals surface area contributed by atoms with Crippen LogP contribution in [0.4, 0.5) is 0 Å². The number of hydrogen-bond donors (Lipinski definition) is 1. The van der Waals surface area contributed by atoms with Gasteiger partial charge in [-0.25, -0.2) is 4.79 Å². The second-order valence-electron chi connectivity index (χ2n) is 3.19. The minimum absolute atomic E-state index is 0.327. The second kappa shape index (κ2) is 2.23. The highest BCUT2D eigenvalue weighted by Gasteiger charge is 2.07. The molecule has 2 heterocycles. The van der Waals surface area contributed by atoms with Crippen molar-refractivity contribution in [3.8, 4) is 0 Å². The molecule has 0 fully saturated rings. The number of benzene rings is 1. The van der Waals surface area contributed by atoms with E-state index in [-0.39, 0.29) is 11.2 Å². The number of hydrogen-bond acceptors (Lipinski definition) is 2. The third-order valence-corrected chi connectivity index (χ3v) is 2.40. The van der Waals surface area contributed by atoms with Gasteiger partial charge in [-0.2, -0.15) is 0 Å². The first-order valence-corrected chi connectivity index (χ1v) is 4.23. The van der Waals surface area contributed by atoms with Crippen LogP contribution in [0.15, 0.2) is 40.1 Å². The molecule has 0 bridgehead atoms. The van der Waals surface area contributed by atoms with E-state index >= 15 is 0 Å². The average molecular weight is 186 g/mol. The average Bonchev–Trinajstić information content (AvgIpc) is 2.59. The molecular weight excluding hydrogens is 180 g/mol. The Morgan fingerprint density at radius 2 is 2.00 bits per heavy atom. The summed E-state index contributed by atoms with van der Waals surface area (Å²) in [6.07, 6.45) is 1.66. The van der Waals surface area contributed by atoms with Gasteiger partial charge in [-0.05, 0) is 12.1 Å². The number of aromatic amines is 1. The Balaban J connectivity index is 2.88. The molecule has 0 aliphatic carbocycles. The quantitative estimate of drug-likeness (QED) is 0.558. The van der Waals surface area contributed by atoms with Crippen molar-refractivity contribution in [1.82, 2.24) is 9.38 Å². The Morgan fingerprint density at radius 3 is 2.86 bits per heavy atom. The maximum absolute atomic E-state index is 11.4.